The molecule has 2 aromatic rings. The van der Waals surface area contributed by atoms with Crippen molar-refractivity contribution in [2.24, 2.45) is 17.8 Å². The van der Waals surface area contributed by atoms with Crippen molar-refractivity contribution in [1.29, 1.82) is 0 Å². The van der Waals surface area contributed by atoms with Crippen molar-refractivity contribution in [3.8, 4) is 17.6 Å². The lowest BCUT2D eigenvalue weighted by atomic mass is 9.63. The first-order valence-electron chi connectivity index (χ1n) is 13.8. The Morgan fingerprint density at radius 3 is 2.16 bits per heavy atom. The Bertz CT molecular complexity index is 1240. The van der Waals surface area contributed by atoms with E-state index in [0.29, 0.717) is 17.4 Å². The monoisotopic (exact) mass is 524 g/mol. The number of rotatable bonds is 7. The van der Waals surface area contributed by atoms with Gasteiger partial charge in [0.05, 0.1) is 11.1 Å². The molecule has 202 valence electrons. The van der Waals surface area contributed by atoms with Gasteiger partial charge in [-0.15, -0.1) is 0 Å². The maximum absolute atomic E-state index is 15.2. The summed E-state index contributed by atoms with van der Waals surface area (Å²) in [4.78, 5) is 0. The second-order valence-corrected chi connectivity index (χ2v) is 10.6. The predicted molar refractivity (Wildman–Crippen MR) is 144 cm³/mol. The summed E-state index contributed by atoms with van der Waals surface area (Å²) in [7, 11) is 0. The van der Waals surface area contributed by atoms with Gasteiger partial charge in [0.25, 0.3) is 0 Å². The highest BCUT2D eigenvalue weighted by Crippen LogP contribution is 2.48. The fraction of sp³-hybridized carbons (Fsp3) is 0.455. The number of benzene rings is 2. The first kappa shape index (κ1) is 28.0. The van der Waals surface area contributed by atoms with Gasteiger partial charge in [-0.2, -0.15) is 4.39 Å². The molecule has 2 fully saturated rings. The number of halogens is 4. The summed E-state index contributed by atoms with van der Waals surface area (Å²) in [6, 6.07) is 5.61. The Labute approximate surface area is 224 Å². The maximum Gasteiger partial charge on any atom is 0.201 e. The van der Waals surface area contributed by atoms with Gasteiger partial charge < -0.3 is 4.74 Å². The molecule has 0 heterocycles. The first-order chi connectivity index (χ1) is 18.4. The van der Waals surface area contributed by atoms with E-state index in [1.165, 1.54) is 37.5 Å². The number of fused-ring (bicyclic) bond motifs is 1. The minimum atomic E-state index is -1.18. The van der Waals surface area contributed by atoms with Crippen molar-refractivity contribution in [2.75, 3.05) is 6.61 Å². The topological polar surface area (TPSA) is 9.23 Å². The molecule has 0 radical (unpaired) electrons. The van der Waals surface area contributed by atoms with Gasteiger partial charge in [-0.25, -0.2) is 13.2 Å². The largest absolute Gasteiger partial charge is 0.486 e. The third-order valence-corrected chi connectivity index (χ3v) is 8.20. The average Bonchev–Trinajstić information content (AvgIpc) is 2.92. The van der Waals surface area contributed by atoms with Crippen LogP contribution in [0.2, 0.25) is 0 Å². The van der Waals surface area contributed by atoms with Gasteiger partial charge in [0.15, 0.2) is 23.2 Å². The molecule has 0 saturated heterocycles. The van der Waals surface area contributed by atoms with E-state index in [1.54, 1.807) is 25.1 Å². The van der Waals surface area contributed by atoms with Crippen molar-refractivity contribution in [2.45, 2.75) is 71.1 Å². The molecule has 2 aromatic carbocycles. The normalized spacial score (nSPS) is 23.3. The Morgan fingerprint density at radius 1 is 0.763 bits per heavy atom. The van der Waals surface area contributed by atoms with E-state index in [2.05, 4.69) is 30.9 Å². The van der Waals surface area contributed by atoms with Crippen molar-refractivity contribution >= 4 is 0 Å². The number of hydrogen-bond acceptors (Lipinski definition) is 1. The minimum absolute atomic E-state index is 0.00558. The molecule has 0 aromatic heterocycles. The van der Waals surface area contributed by atoms with Crippen molar-refractivity contribution in [3.05, 3.63) is 88.5 Å². The molecular weight excluding hydrogens is 488 g/mol. The van der Waals surface area contributed by atoms with Crippen molar-refractivity contribution in [3.63, 3.8) is 0 Å². The van der Waals surface area contributed by atoms with Gasteiger partial charge in [-0.3, -0.25) is 0 Å². The summed E-state index contributed by atoms with van der Waals surface area (Å²) < 4.78 is 64.1. The van der Waals surface area contributed by atoms with E-state index >= 15 is 4.39 Å². The lowest BCUT2D eigenvalue weighted by Crippen LogP contribution is -2.30. The second-order valence-electron chi connectivity index (χ2n) is 10.6. The van der Waals surface area contributed by atoms with Crippen LogP contribution < -0.4 is 4.74 Å². The van der Waals surface area contributed by atoms with Crippen LogP contribution in [0.15, 0.2) is 48.6 Å². The zero-order chi connectivity index (χ0) is 27.1. The van der Waals surface area contributed by atoms with Gasteiger partial charge in [-0.1, -0.05) is 48.6 Å². The van der Waals surface area contributed by atoms with Gasteiger partial charge in [0, 0.05) is 0 Å². The lowest BCUT2D eigenvalue weighted by molar-refractivity contribution is 0.114. The highest BCUT2D eigenvalue weighted by Gasteiger charge is 2.36. The standard InChI is InChI=1S/C33H36F4O/c1-3-5-7-8-22-9-10-26-21-27(14-13-25(26)20-22)28-17-15-23(30(34)32(28)36)11-12-24-16-18-29(33(37)31(24)35)38-19-6-4-2/h3-6,15-18,22,25-27H,7-10,13-14,19-21H2,1-2H3/b5-3+,6-4+. The summed E-state index contributed by atoms with van der Waals surface area (Å²) in [6.07, 6.45) is 16.6. The van der Waals surface area contributed by atoms with Crippen molar-refractivity contribution < 1.29 is 22.3 Å². The van der Waals surface area contributed by atoms with Crippen molar-refractivity contribution in [1.82, 2.24) is 0 Å². The number of allylic oxidation sites excluding steroid dienone is 3. The molecule has 38 heavy (non-hydrogen) atoms. The zero-order valence-corrected chi connectivity index (χ0v) is 22.2. The Balaban J connectivity index is 1.43. The van der Waals surface area contributed by atoms with E-state index in [-0.39, 0.29) is 29.4 Å². The molecule has 4 atom stereocenters. The van der Waals surface area contributed by atoms with E-state index in [9.17, 15) is 13.2 Å². The molecule has 4 unspecified atom stereocenters. The highest BCUT2D eigenvalue weighted by molar-refractivity contribution is 5.47. The Kier molecular flexibility index (Phi) is 9.72. The number of ether oxygens (including phenoxy) is 1. The minimum Gasteiger partial charge on any atom is -0.486 e. The Morgan fingerprint density at radius 2 is 1.42 bits per heavy atom. The molecule has 0 aliphatic heterocycles. The molecule has 5 heteroatoms. The summed E-state index contributed by atoms with van der Waals surface area (Å²) >= 11 is 0. The fourth-order valence-electron chi connectivity index (χ4n) is 6.11. The molecule has 0 N–H and O–H groups in total. The van der Waals surface area contributed by atoms with Gasteiger partial charge in [0.2, 0.25) is 5.82 Å². The molecule has 0 amide bonds. The SMILES string of the molecule is C/C=C/CCC1CCC2CC(c3ccc(C#Cc4ccc(OC/C=C/C)c(F)c4F)c(F)c3F)CCC2C1. The van der Waals surface area contributed by atoms with Crippen LogP contribution in [0.3, 0.4) is 0 Å². The quantitative estimate of drug-likeness (QED) is 0.199. The molecule has 2 aliphatic rings. The molecule has 2 saturated carbocycles. The van der Waals surface area contributed by atoms with E-state index in [4.69, 9.17) is 4.74 Å². The fourth-order valence-corrected chi connectivity index (χ4v) is 6.11. The summed E-state index contributed by atoms with van der Waals surface area (Å²) in [6.45, 7) is 3.95. The lowest BCUT2D eigenvalue weighted by Gasteiger charge is -2.42. The molecular formula is C33H36F4O. The van der Waals surface area contributed by atoms with Crippen LogP contribution in [-0.2, 0) is 0 Å². The van der Waals surface area contributed by atoms with Crippen LogP contribution in [0.5, 0.6) is 5.75 Å². The maximum atomic E-state index is 15.2. The van der Waals surface area contributed by atoms with Gasteiger partial charge >= 0.3 is 0 Å². The third-order valence-electron chi connectivity index (χ3n) is 8.20. The molecule has 2 aliphatic carbocycles. The molecule has 0 bridgehead atoms. The van der Waals surface area contributed by atoms with Crippen LogP contribution in [-0.4, -0.2) is 6.61 Å². The summed E-state index contributed by atoms with van der Waals surface area (Å²) in [5.74, 6) is 2.47. The third kappa shape index (κ3) is 6.52. The second kappa shape index (κ2) is 13.2. The first-order valence-corrected chi connectivity index (χ1v) is 13.8. The van der Waals surface area contributed by atoms with Crippen LogP contribution in [0.4, 0.5) is 17.6 Å². The molecule has 0 spiro atoms. The highest BCUT2D eigenvalue weighted by atomic mass is 19.2. The summed E-state index contributed by atoms with van der Waals surface area (Å²) in [5, 5.41) is 0. The predicted octanol–water partition coefficient (Wildman–Crippen LogP) is 9.25. The van der Waals surface area contributed by atoms with Crippen LogP contribution in [0.1, 0.15) is 87.8 Å². The van der Waals surface area contributed by atoms with Gasteiger partial charge in [-0.05, 0) is 106 Å². The van der Waals surface area contributed by atoms with Crippen LogP contribution >= 0.6 is 0 Å². The zero-order valence-electron chi connectivity index (χ0n) is 22.2. The van der Waals surface area contributed by atoms with E-state index in [1.807, 2.05) is 0 Å². The molecule has 4 rings (SSSR count). The van der Waals surface area contributed by atoms with Gasteiger partial charge in [0.1, 0.15) is 6.61 Å². The molecule has 1 nitrogen and oxygen atoms in total. The Hall–Kier alpha value is -3.00. The number of hydrogen-bond donors (Lipinski definition) is 0. The average molecular weight is 525 g/mol. The summed E-state index contributed by atoms with van der Waals surface area (Å²) in [5.41, 5.74) is -0.0132. The van der Waals surface area contributed by atoms with E-state index < -0.39 is 23.3 Å². The van der Waals surface area contributed by atoms with Crippen LogP contribution in [0, 0.1) is 52.9 Å². The van der Waals surface area contributed by atoms with E-state index in [0.717, 1.165) is 38.0 Å². The van der Waals surface area contributed by atoms with Crippen LogP contribution in [0.25, 0.3) is 0 Å². The smallest absolute Gasteiger partial charge is 0.201 e.